The second kappa shape index (κ2) is 8.61. The van der Waals surface area contributed by atoms with Crippen LogP contribution in [0.3, 0.4) is 0 Å². The summed E-state index contributed by atoms with van der Waals surface area (Å²) in [7, 11) is 0. The van der Waals surface area contributed by atoms with E-state index >= 15 is 0 Å². The van der Waals surface area contributed by atoms with E-state index < -0.39 is 0 Å². The van der Waals surface area contributed by atoms with Crippen LogP contribution in [0, 0.1) is 11.3 Å². The first-order valence-corrected chi connectivity index (χ1v) is 8.76. The monoisotopic (exact) mass is 288 g/mol. The first-order chi connectivity index (χ1) is 9.79. The summed E-state index contributed by atoms with van der Waals surface area (Å²) in [6, 6.07) is 0. The highest BCUT2D eigenvalue weighted by Gasteiger charge is 2.26. The Morgan fingerprint density at radius 3 is 2.48 bits per heavy atom. The molecule has 0 spiro atoms. The second-order valence-corrected chi connectivity index (χ2v) is 8.12. The molecule has 1 aliphatic carbocycles. The molecule has 0 nitrogen and oxygen atoms in total. The third-order valence-corrected chi connectivity index (χ3v) is 4.73. The average Bonchev–Trinajstić information content (AvgIpc) is 2.37. The van der Waals surface area contributed by atoms with Gasteiger partial charge in [0.2, 0.25) is 0 Å². The number of allylic oxidation sites excluding steroid dienone is 6. The quantitative estimate of drug-likeness (QED) is 0.452. The smallest absolute Gasteiger partial charge is 0.0285 e. The molecule has 0 amide bonds. The predicted molar refractivity (Wildman–Crippen MR) is 96.5 cm³/mol. The van der Waals surface area contributed by atoms with E-state index in [0.717, 1.165) is 5.92 Å². The van der Waals surface area contributed by atoms with Gasteiger partial charge in [-0.15, -0.1) is 0 Å². The number of rotatable bonds is 6. The summed E-state index contributed by atoms with van der Waals surface area (Å²) >= 11 is 0. The molecule has 0 radical (unpaired) electrons. The number of hydrogen-bond donors (Lipinski definition) is 0. The maximum Gasteiger partial charge on any atom is -0.0285 e. The van der Waals surface area contributed by atoms with Crippen molar-refractivity contribution in [3.05, 3.63) is 34.9 Å². The molecule has 1 aliphatic rings. The molecular weight excluding hydrogens is 252 g/mol. The SMILES string of the molecule is CC(C)=CCC/C(C)=C/CCC1=CCCC(C(C)(C)C)C1. The Labute approximate surface area is 133 Å². The van der Waals surface area contributed by atoms with Crippen molar-refractivity contribution in [2.24, 2.45) is 11.3 Å². The molecular formula is C21H36. The van der Waals surface area contributed by atoms with Crippen molar-refractivity contribution in [3.63, 3.8) is 0 Å². The molecule has 0 bridgehead atoms. The van der Waals surface area contributed by atoms with Gasteiger partial charge in [-0.2, -0.15) is 0 Å². The maximum atomic E-state index is 2.51. The molecule has 0 aromatic carbocycles. The fourth-order valence-corrected chi connectivity index (χ4v) is 3.13. The van der Waals surface area contributed by atoms with Gasteiger partial charge in [-0.25, -0.2) is 0 Å². The topological polar surface area (TPSA) is 0 Å². The van der Waals surface area contributed by atoms with Crippen LogP contribution in [0.1, 0.15) is 86.5 Å². The van der Waals surface area contributed by atoms with Gasteiger partial charge in [-0.1, -0.05) is 55.7 Å². The van der Waals surface area contributed by atoms with Crippen LogP contribution in [0.15, 0.2) is 34.9 Å². The van der Waals surface area contributed by atoms with Crippen LogP contribution in [0.5, 0.6) is 0 Å². The van der Waals surface area contributed by atoms with Gasteiger partial charge in [0.15, 0.2) is 0 Å². The first kappa shape index (κ1) is 18.3. The minimum absolute atomic E-state index is 0.468. The summed E-state index contributed by atoms with van der Waals surface area (Å²) in [6.45, 7) is 13.8. The first-order valence-electron chi connectivity index (χ1n) is 8.76. The predicted octanol–water partition coefficient (Wildman–Crippen LogP) is 7.23. The van der Waals surface area contributed by atoms with E-state index in [0.29, 0.717) is 5.41 Å². The summed E-state index contributed by atoms with van der Waals surface area (Å²) in [5, 5.41) is 0. The zero-order valence-corrected chi connectivity index (χ0v) is 15.3. The summed E-state index contributed by atoms with van der Waals surface area (Å²) in [4.78, 5) is 0. The van der Waals surface area contributed by atoms with Gasteiger partial charge in [0.05, 0.1) is 0 Å². The molecule has 0 fully saturated rings. The maximum absolute atomic E-state index is 2.51. The molecule has 0 N–H and O–H groups in total. The van der Waals surface area contributed by atoms with Gasteiger partial charge in [-0.05, 0) is 77.0 Å². The van der Waals surface area contributed by atoms with Crippen molar-refractivity contribution in [2.75, 3.05) is 0 Å². The highest BCUT2D eigenvalue weighted by Crippen LogP contribution is 2.38. The van der Waals surface area contributed by atoms with Crippen LogP contribution in [0.25, 0.3) is 0 Å². The van der Waals surface area contributed by atoms with Crippen molar-refractivity contribution >= 4 is 0 Å². The molecule has 0 heteroatoms. The molecule has 0 heterocycles. The minimum Gasteiger partial charge on any atom is -0.0856 e. The molecule has 0 aliphatic heterocycles. The Morgan fingerprint density at radius 2 is 1.86 bits per heavy atom. The van der Waals surface area contributed by atoms with Crippen LogP contribution in [0.4, 0.5) is 0 Å². The summed E-state index contributed by atoms with van der Waals surface area (Å²) < 4.78 is 0. The van der Waals surface area contributed by atoms with Crippen LogP contribution in [-0.4, -0.2) is 0 Å². The lowest BCUT2D eigenvalue weighted by atomic mass is 9.72. The lowest BCUT2D eigenvalue weighted by Crippen LogP contribution is -2.22. The van der Waals surface area contributed by atoms with Gasteiger partial charge in [0.25, 0.3) is 0 Å². The lowest BCUT2D eigenvalue weighted by molar-refractivity contribution is 0.217. The molecule has 0 aromatic heterocycles. The molecule has 0 saturated heterocycles. The van der Waals surface area contributed by atoms with E-state index in [1.54, 1.807) is 11.1 Å². The van der Waals surface area contributed by atoms with E-state index in [4.69, 9.17) is 0 Å². The zero-order chi connectivity index (χ0) is 15.9. The third kappa shape index (κ3) is 7.69. The van der Waals surface area contributed by atoms with Crippen LogP contribution < -0.4 is 0 Å². The van der Waals surface area contributed by atoms with Gasteiger partial charge >= 0.3 is 0 Å². The van der Waals surface area contributed by atoms with Crippen molar-refractivity contribution in [3.8, 4) is 0 Å². The molecule has 0 saturated carbocycles. The zero-order valence-electron chi connectivity index (χ0n) is 15.3. The molecule has 21 heavy (non-hydrogen) atoms. The summed E-state index contributed by atoms with van der Waals surface area (Å²) in [5.74, 6) is 0.875. The van der Waals surface area contributed by atoms with Crippen LogP contribution in [-0.2, 0) is 0 Å². The Balaban J connectivity index is 2.35. The Kier molecular flexibility index (Phi) is 7.49. The normalized spacial score (nSPS) is 20.2. The van der Waals surface area contributed by atoms with Gasteiger partial charge in [0, 0.05) is 0 Å². The molecule has 1 rings (SSSR count). The van der Waals surface area contributed by atoms with E-state index in [-0.39, 0.29) is 0 Å². The van der Waals surface area contributed by atoms with Crippen molar-refractivity contribution < 1.29 is 0 Å². The number of hydrogen-bond acceptors (Lipinski definition) is 0. The van der Waals surface area contributed by atoms with Crippen molar-refractivity contribution in [1.82, 2.24) is 0 Å². The largest absolute Gasteiger partial charge is 0.0856 e. The lowest BCUT2D eigenvalue weighted by Gasteiger charge is -2.34. The fraction of sp³-hybridized carbons (Fsp3) is 0.714. The second-order valence-electron chi connectivity index (χ2n) is 8.12. The minimum atomic E-state index is 0.468. The van der Waals surface area contributed by atoms with E-state index in [2.05, 4.69) is 59.8 Å². The molecule has 1 unspecified atom stereocenters. The van der Waals surface area contributed by atoms with Gasteiger partial charge in [0.1, 0.15) is 0 Å². The average molecular weight is 289 g/mol. The Bertz CT molecular complexity index is 394. The highest BCUT2D eigenvalue weighted by atomic mass is 14.3. The molecule has 1 atom stereocenters. The highest BCUT2D eigenvalue weighted by molar-refractivity contribution is 5.10. The summed E-state index contributed by atoms with van der Waals surface area (Å²) in [5.41, 5.74) is 5.16. The van der Waals surface area contributed by atoms with E-state index in [1.165, 1.54) is 50.5 Å². The van der Waals surface area contributed by atoms with Crippen molar-refractivity contribution in [2.45, 2.75) is 86.5 Å². The van der Waals surface area contributed by atoms with Crippen molar-refractivity contribution in [1.29, 1.82) is 0 Å². The molecule has 120 valence electrons. The standard InChI is InChI=1S/C21H36/c1-17(2)10-7-11-18(3)12-8-13-19-14-9-15-20(16-19)21(4,5)6/h10,12,14,20H,7-9,11,13,15-16H2,1-6H3/b18-12+. The van der Waals surface area contributed by atoms with Gasteiger partial charge in [-0.3, -0.25) is 0 Å². The third-order valence-electron chi connectivity index (χ3n) is 4.73. The van der Waals surface area contributed by atoms with Gasteiger partial charge < -0.3 is 0 Å². The van der Waals surface area contributed by atoms with Crippen LogP contribution >= 0.6 is 0 Å². The Hall–Kier alpha value is -0.780. The molecule has 0 aromatic rings. The van der Waals surface area contributed by atoms with E-state index in [9.17, 15) is 0 Å². The fourth-order valence-electron chi connectivity index (χ4n) is 3.13. The van der Waals surface area contributed by atoms with Crippen LogP contribution in [0.2, 0.25) is 0 Å². The summed E-state index contributed by atoms with van der Waals surface area (Å²) in [6.07, 6.45) is 16.2. The van der Waals surface area contributed by atoms with E-state index in [1.807, 2.05) is 0 Å². The Morgan fingerprint density at radius 1 is 1.14 bits per heavy atom.